The minimum absolute atomic E-state index is 0.104. The molecule has 198 valence electrons. The number of likely N-dealkylation sites (N-methyl/N-ethyl adjacent to an activating group) is 2. The number of methoxy groups -OCH3 is 1. The molecule has 0 radical (unpaired) electrons. The molecule has 4 rings (SSSR count). The van der Waals surface area contributed by atoms with Crippen LogP contribution in [0, 0.1) is 10.1 Å². The van der Waals surface area contributed by atoms with E-state index >= 15 is 0 Å². The number of fused-ring (bicyclic) bond motifs is 1. The van der Waals surface area contributed by atoms with Gasteiger partial charge in [-0.25, -0.2) is 15.0 Å². The van der Waals surface area contributed by atoms with Gasteiger partial charge in [0.25, 0.3) is 5.70 Å². The summed E-state index contributed by atoms with van der Waals surface area (Å²) in [4.78, 5) is 31.6. The van der Waals surface area contributed by atoms with Gasteiger partial charge < -0.3 is 25.2 Å². The maximum atomic E-state index is 12.1. The molecule has 2 unspecified atom stereocenters. The summed E-state index contributed by atoms with van der Waals surface area (Å²) in [7, 11) is 7.25. The molecule has 0 saturated carbocycles. The summed E-state index contributed by atoms with van der Waals surface area (Å²) in [5, 5.41) is 12.1. The second kappa shape index (κ2) is 10.1. The minimum atomic E-state index is -1.45. The van der Waals surface area contributed by atoms with E-state index in [0.29, 0.717) is 24.6 Å². The second-order valence-electron chi connectivity index (χ2n) is 10.4. The standard InChI is InChI=1S/C25H33BrN8O3/c1-24(2)15-33(16-7-8-20(26)29-22(16)24)21-9-10-28-23(30-21)25(27)14-18(34(35)36)17(13-19(25)37-6)32(5)12-11-31(3)4/h7-10,13-14,19H,11-12,15,27H2,1-6H3. The molecule has 0 fully saturated rings. The summed E-state index contributed by atoms with van der Waals surface area (Å²) < 4.78 is 6.52. The number of aromatic nitrogens is 3. The predicted molar refractivity (Wildman–Crippen MR) is 145 cm³/mol. The predicted octanol–water partition coefficient (Wildman–Crippen LogP) is 2.78. The first kappa shape index (κ1) is 27.1. The lowest BCUT2D eigenvalue weighted by Crippen LogP contribution is -2.51. The molecule has 37 heavy (non-hydrogen) atoms. The highest BCUT2D eigenvalue weighted by Gasteiger charge is 2.46. The Morgan fingerprint density at radius 3 is 2.62 bits per heavy atom. The number of hydrogen-bond donors (Lipinski definition) is 1. The molecule has 0 spiro atoms. The monoisotopic (exact) mass is 572 g/mol. The molecule has 1 aliphatic carbocycles. The molecule has 2 aromatic heterocycles. The van der Waals surface area contributed by atoms with Crippen molar-refractivity contribution in [3.05, 3.63) is 74.2 Å². The van der Waals surface area contributed by atoms with Crippen LogP contribution in [0.1, 0.15) is 25.4 Å². The molecule has 0 amide bonds. The van der Waals surface area contributed by atoms with E-state index in [1.54, 1.807) is 18.3 Å². The summed E-state index contributed by atoms with van der Waals surface area (Å²) in [5.74, 6) is 0.869. The molecular formula is C25H33BrN8O3. The fraction of sp³-hybridized carbons (Fsp3) is 0.480. The Hall–Kier alpha value is -2.93. The molecule has 0 saturated heterocycles. The SMILES string of the molecule is COC1C=C(N(C)CCN(C)C)C([N+](=O)[O-])=CC1(N)c1nccc(N2CC(C)(C)c3nc(Br)ccc32)n1. The molecular weight excluding hydrogens is 540 g/mol. The van der Waals surface area contributed by atoms with Gasteiger partial charge in [-0.1, -0.05) is 13.8 Å². The van der Waals surface area contributed by atoms with Crippen molar-refractivity contribution in [3.8, 4) is 0 Å². The first-order valence-electron chi connectivity index (χ1n) is 11.9. The van der Waals surface area contributed by atoms with Crippen molar-refractivity contribution >= 4 is 27.4 Å². The van der Waals surface area contributed by atoms with E-state index < -0.39 is 16.6 Å². The average molecular weight is 573 g/mol. The van der Waals surface area contributed by atoms with Gasteiger partial charge in [0, 0.05) is 51.5 Å². The van der Waals surface area contributed by atoms with Gasteiger partial charge in [-0.15, -0.1) is 0 Å². The third-order valence-electron chi connectivity index (χ3n) is 6.79. The van der Waals surface area contributed by atoms with Crippen molar-refractivity contribution < 1.29 is 9.66 Å². The van der Waals surface area contributed by atoms with Gasteiger partial charge in [0.2, 0.25) is 0 Å². The van der Waals surface area contributed by atoms with Gasteiger partial charge >= 0.3 is 0 Å². The number of pyridine rings is 1. The zero-order valence-electron chi connectivity index (χ0n) is 22.0. The van der Waals surface area contributed by atoms with Crippen LogP contribution in [-0.2, 0) is 15.7 Å². The Morgan fingerprint density at radius 2 is 1.97 bits per heavy atom. The lowest BCUT2D eigenvalue weighted by molar-refractivity contribution is -0.423. The van der Waals surface area contributed by atoms with Gasteiger partial charge in [-0.2, -0.15) is 0 Å². The van der Waals surface area contributed by atoms with E-state index in [0.717, 1.165) is 22.5 Å². The second-order valence-corrected chi connectivity index (χ2v) is 11.2. The Balaban J connectivity index is 1.74. The Morgan fingerprint density at radius 1 is 1.24 bits per heavy atom. The highest BCUT2D eigenvalue weighted by Crippen LogP contribution is 2.43. The zero-order chi connectivity index (χ0) is 27.1. The number of hydrogen-bond acceptors (Lipinski definition) is 10. The van der Waals surface area contributed by atoms with Crippen molar-refractivity contribution in [2.24, 2.45) is 5.73 Å². The first-order valence-corrected chi connectivity index (χ1v) is 12.7. The normalized spacial score (nSPS) is 22.5. The average Bonchev–Trinajstić information content (AvgIpc) is 3.12. The minimum Gasteiger partial charge on any atom is -0.375 e. The Labute approximate surface area is 225 Å². The summed E-state index contributed by atoms with van der Waals surface area (Å²) in [6.45, 7) is 6.24. The zero-order valence-corrected chi connectivity index (χ0v) is 23.6. The Bertz CT molecular complexity index is 1260. The van der Waals surface area contributed by atoms with Gasteiger partial charge in [0.1, 0.15) is 27.8 Å². The van der Waals surface area contributed by atoms with Crippen LogP contribution in [0.2, 0.25) is 0 Å². The summed E-state index contributed by atoms with van der Waals surface area (Å²) in [6, 6.07) is 5.70. The maximum absolute atomic E-state index is 12.1. The van der Waals surface area contributed by atoms with Crippen molar-refractivity contribution in [2.75, 3.05) is 52.8 Å². The summed E-state index contributed by atoms with van der Waals surface area (Å²) >= 11 is 3.47. The third kappa shape index (κ3) is 5.11. The van der Waals surface area contributed by atoms with E-state index in [1.807, 2.05) is 43.1 Å². The number of ether oxygens (including phenoxy) is 1. The number of halogens is 1. The van der Waals surface area contributed by atoms with Crippen LogP contribution in [0.5, 0.6) is 0 Å². The van der Waals surface area contributed by atoms with E-state index in [1.165, 1.54) is 13.2 Å². The number of nitrogens with zero attached hydrogens (tertiary/aromatic N) is 7. The van der Waals surface area contributed by atoms with Gasteiger partial charge in [0.05, 0.1) is 16.3 Å². The fourth-order valence-corrected chi connectivity index (χ4v) is 5.06. The summed E-state index contributed by atoms with van der Waals surface area (Å²) in [6.07, 6.45) is 4.02. The molecule has 2 aliphatic rings. The van der Waals surface area contributed by atoms with Crippen molar-refractivity contribution in [3.63, 3.8) is 0 Å². The maximum Gasteiger partial charge on any atom is 0.290 e. The van der Waals surface area contributed by atoms with Crippen LogP contribution in [-0.4, -0.2) is 83.7 Å². The van der Waals surface area contributed by atoms with Crippen LogP contribution in [0.25, 0.3) is 0 Å². The smallest absolute Gasteiger partial charge is 0.290 e. The molecule has 1 aliphatic heterocycles. The van der Waals surface area contributed by atoms with E-state index in [9.17, 15) is 10.1 Å². The van der Waals surface area contributed by atoms with Crippen LogP contribution in [0.3, 0.4) is 0 Å². The lowest BCUT2D eigenvalue weighted by atomic mass is 9.85. The van der Waals surface area contributed by atoms with Crippen molar-refractivity contribution in [1.29, 1.82) is 0 Å². The molecule has 2 atom stereocenters. The largest absolute Gasteiger partial charge is 0.375 e. The van der Waals surface area contributed by atoms with Crippen molar-refractivity contribution in [2.45, 2.75) is 30.9 Å². The first-order chi connectivity index (χ1) is 17.4. The summed E-state index contributed by atoms with van der Waals surface area (Å²) in [5.41, 5.74) is 7.43. The topological polar surface area (TPSA) is 127 Å². The van der Waals surface area contributed by atoms with E-state index in [-0.39, 0.29) is 16.9 Å². The quantitative estimate of drug-likeness (QED) is 0.286. The molecule has 3 heterocycles. The third-order valence-corrected chi connectivity index (χ3v) is 7.23. The number of rotatable bonds is 8. The molecule has 0 aromatic carbocycles. The van der Waals surface area contributed by atoms with Crippen LogP contribution < -0.4 is 10.6 Å². The molecule has 2 N–H and O–H groups in total. The Kier molecular flexibility index (Phi) is 7.39. The van der Waals surface area contributed by atoms with E-state index in [4.69, 9.17) is 20.4 Å². The highest BCUT2D eigenvalue weighted by molar-refractivity contribution is 9.10. The van der Waals surface area contributed by atoms with Gasteiger partial charge in [-0.3, -0.25) is 10.1 Å². The van der Waals surface area contributed by atoms with Crippen LogP contribution in [0.15, 0.2) is 52.5 Å². The number of nitrogens with two attached hydrogens (primary N) is 1. The van der Waals surface area contributed by atoms with E-state index in [2.05, 4.69) is 39.7 Å². The lowest BCUT2D eigenvalue weighted by Gasteiger charge is -2.36. The molecule has 2 aromatic rings. The number of anilines is 2. The molecule has 12 heteroatoms. The van der Waals surface area contributed by atoms with Gasteiger partial charge in [0.15, 0.2) is 5.82 Å². The fourth-order valence-electron chi connectivity index (χ4n) is 4.75. The number of nitro groups is 1. The highest BCUT2D eigenvalue weighted by atomic mass is 79.9. The van der Waals surface area contributed by atoms with Crippen LogP contribution in [0.4, 0.5) is 11.5 Å². The molecule has 11 nitrogen and oxygen atoms in total. The van der Waals surface area contributed by atoms with Gasteiger partial charge in [-0.05, 0) is 54.3 Å². The van der Waals surface area contributed by atoms with Crippen molar-refractivity contribution in [1.82, 2.24) is 24.8 Å². The van der Waals surface area contributed by atoms with Crippen LogP contribution >= 0.6 is 15.9 Å². The molecule has 0 bridgehead atoms.